The predicted molar refractivity (Wildman–Crippen MR) is 81.2 cm³/mol. The molecule has 112 valence electrons. The quantitative estimate of drug-likeness (QED) is 0.892. The number of nitrogens with zero attached hydrogens (tertiary/aromatic N) is 4. The number of fused-ring (bicyclic) bond motifs is 1. The molecule has 1 aliphatic rings. The van der Waals surface area contributed by atoms with Crippen LogP contribution < -0.4 is 5.32 Å². The van der Waals surface area contributed by atoms with E-state index in [1.165, 1.54) is 0 Å². The molecule has 0 unspecified atom stereocenters. The largest absolute Gasteiger partial charge is 0.378 e. The van der Waals surface area contributed by atoms with Gasteiger partial charge in [-0.15, -0.1) is 5.10 Å². The average Bonchev–Trinajstić information content (AvgIpc) is 2.92. The number of amides is 1. The third-order valence-corrected chi connectivity index (χ3v) is 3.92. The summed E-state index contributed by atoms with van der Waals surface area (Å²) in [7, 11) is 0. The molecule has 1 aliphatic heterocycles. The lowest BCUT2D eigenvalue weighted by atomic mass is 10.3. The standard InChI is InChI=1S/C13H16BrN5O2/c14-10-2-1-5-19-12(10)16-13(17-19)15-4-3-11(20)18-6-8-21-9-7-18/h1-2,5H,3-4,6-9H2,(H,15,17). The van der Waals surface area contributed by atoms with Crippen molar-refractivity contribution in [1.82, 2.24) is 19.5 Å². The predicted octanol–water partition coefficient (Wildman–Crippen LogP) is 1.15. The Kier molecular flexibility index (Phi) is 4.35. The molecule has 7 nitrogen and oxygen atoms in total. The van der Waals surface area contributed by atoms with Gasteiger partial charge in [-0.2, -0.15) is 4.98 Å². The molecular formula is C13H16BrN5O2. The van der Waals surface area contributed by atoms with Crippen LogP contribution in [0.5, 0.6) is 0 Å². The normalized spacial score (nSPS) is 15.4. The summed E-state index contributed by atoms with van der Waals surface area (Å²) in [5.41, 5.74) is 0.750. The van der Waals surface area contributed by atoms with E-state index < -0.39 is 0 Å². The van der Waals surface area contributed by atoms with Crippen molar-refractivity contribution in [2.24, 2.45) is 0 Å². The average molecular weight is 354 g/mol. The Bertz CT molecular complexity index is 639. The van der Waals surface area contributed by atoms with Crippen LogP contribution in [0.1, 0.15) is 6.42 Å². The molecule has 21 heavy (non-hydrogen) atoms. The fraction of sp³-hybridized carbons (Fsp3) is 0.462. The Balaban J connectivity index is 1.54. The molecule has 0 aliphatic carbocycles. The first kappa shape index (κ1) is 14.3. The van der Waals surface area contributed by atoms with Crippen molar-refractivity contribution in [2.45, 2.75) is 6.42 Å². The Morgan fingerprint density at radius 3 is 3.00 bits per heavy atom. The number of anilines is 1. The minimum absolute atomic E-state index is 0.135. The van der Waals surface area contributed by atoms with Gasteiger partial charge in [0.15, 0.2) is 5.65 Å². The van der Waals surface area contributed by atoms with Crippen molar-refractivity contribution in [3.8, 4) is 0 Å². The van der Waals surface area contributed by atoms with Crippen molar-refractivity contribution in [1.29, 1.82) is 0 Å². The van der Waals surface area contributed by atoms with Crippen molar-refractivity contribution in [2.75, 3.05) is 38.2 Å². The van der Waals surface area contributed by atoms with E-state index in [0.29, 0.717) is 45.2 Å². The Labute approximate surface area is 130 Å². The summed E-state index contributed by atoms with van der Waals surface area (Å²) in [6.45, 7) is 3.13. The number of halogens is 1. The zero-order chi connectivity index (χ0) is 14.7. The van der Waals surface area contributed by atoms with Gasteiger partial charge in [0.2, 0.25) is 11.9 Å². The number of pyridine rings is 1. The number of carbonyl (C=O) groups is 1. The van der Waals surface area contributed by atoms with E-state index in [-0.39, 0.29) is 5.91 Å². The van der Waals surface area contributed by atoms with Crippen LogP contribution in [-0.2, 0) is 9.53 Å². The van der Waals surface area contributed by atoms with Gasteiger partial charge in [0.25, 0.3) is 0 Å². The maximum atomic E-state index is 12.0. The first-order valence-corrected chi connectivity index (χ1v) is 7.63. The van der Waals surface area contributed by atoms with Gasteiger partial charge in [-0.3, -0.25) is 4.79 Å². The van der Waals surface area contributed by atoms with Crippen LogP contribution in [0.25, 0.3) is 5.65 Å². The lowest BCUT2D eigenvalue weighted by molar-refractivity contribution is -0.134. The fourth-order valence-electron chi connectivity index (χ4n) is 2.20. The Hall–Kier alpha value is -1.67. The number of morpholine rings is 1. The van der Waals surface area contributed by atoms with Gasteiger partial charge in [-0.05, 0) is 28.1 Å². The molecule has 2 aromatic rings. The van der Waals surface area contributed by atoms with Crippen molar-refractivity contribution >= 4 is 33.4 Å². The number of aromatic nitrogens is 3. The summed E-state index contributed by atoms with van der Waals surface area (Å²) in [6, 6.07) is 3.80. The van der Waals surface area contributed by atoms with Crippen LogP contribution in [-0.4, -0.2) is 58.3 Å². The van der Waals surface area contributed by atoms with Crippen LogP contribution in [0.3, 0.4) is 0 Å². The van der Waals surface area contributed by atoms with Crippen LogP contribution in [0.2, 0.25) is 0 Å². The number of carbonyl (C=O) groups excluding carboxylic acids is 1. The van der Waals surface area contributed by atoms with E-state index in [4.69, 9.17) is 4.74 Å². The van der Waals surface area contributed by atoms with Gasteiger partial charge in [-0.25, -0.2) is 4.52 Å². The zero-order valence-corrected chi connectivity index (χ0v) is 13.0. The SMILES string of the molecule is O=C(CCNc1nc2c(Br)cccn2n1)N1CCOCC1. The van der Waals surface area contributed by atoms with Crippen LogP contribution >= 0.6 is 15.9 Å². The van der Waals surface area contributed by atoms with E-state index >= 15 is 0 Å². The number of hydrogen-bond donors (Lipinski definition) is 1. The summed E-state index contributed by atoms with van der Waals surface area (Å²) < 4.78 is 7.81. The van der Waals surface area contributed by atoms with Crippen molar-refractivity contribution < 1.29 is 9.53 Å². The molecule has 0 atom stereocenters. The van der Waals surface area contributed by atoms with Gasteiger partial charge in [0.05, 0.1) is 17.7 Å². The van der Waals surface area contributed by atoms with Crippen LogP contribution in [0.15, 0.2) is 22.8 Å². The molecule has 3 heterocycles. The summed E-state index contributed by atoms with van der Waals surface area (Å²) >= 11 is 3.43. The van der Waals surface area contributed by atoms with Crippen LogP contribution in [0.4, 0.5) is 5.95 Å². The summed E-state index contributed by atoms with van der Waals surface area (Å²) in [5.74, 6) is 0.660. The third-order valence-electron chi connectivity index (χ3n) is 3.30. The van der Waals surface area contributed by atoms with E-state index in [9.17, 15) is 4.79 Å². The van der Waals surface area contributed by atoms with Gasteiger partial charge in [0.1, 0.15) is 0 Å². The van der Waals surface area contributed by atoms with E-state index in [1.54, 1.807) is 4.52 Å². The molecule has 0 saturated carbocycles. The molecule has 0 spiro atoms. The van der Waals surface area contributed by atoms with Crippen molar-refractivity contribution in [3.05, 3.63) is 22.8 Å². The number of nitrogens with one attached hydrogen (secondary N) is 1. The summed E-state index contributed by atoms with van der Waals surface area (Å²) in [5, 5.41) is 7.39. The lowest BCUT2D eigenvalue weighted by Gasteiger charge is -2.26. The first-order chi connectivity index (χ1) is 10.2. The molecule has 0 bridgehead atoms. The number of rotatable bonds is 4. The summed E-state index contributed by atoms with van der Waals surface area (Å²) in [6.07, 6.45) is 2.26. The minimum Gasteiger partial charge on any atom is -0.378 e. The molecule has 3 rings (SSSR count). The molecule has 1 amide bonds. The topological polar surface area (TPSA) is 71.8 Å². The fourth-order valence-corrected chi connectivity index (χ4v) is 2.62. The highest BCUT2D eigenvalue weighted by Crippen LogP contribution is 2.16. The van der Waals surface area contributed by atoms with E-state index in [1.807, 2.05) is 23.2 Å². The van der Waals surface area contributed by atoms with Gasteiger partial charge in [-0.1, -0.05) is 0 Å². The highest BCUT2D eigenvalue weighted by Gasteiger charge is 2.16. The Morgan fingerprint density at radius 1 is 1.43 bits per heavy atom. The molecular weight excluding hydrogens is 338 g/mol. The highest BCUT2D eigenvalue weighted by molar-refractivity contribution is 9.10. The number of ether oxygens (including phenoxy) is 1. The lowest BCUT2D eigenvalue weighted by Crippen LogP contribution is -2.41. The Morgan fingerprint density at radius 2 is 2.24 bits per heavy atom. The summed E-state index contributed by atoms with van der Waals surface area (Å²) in [4.78, 5) is 18.2. The van der Waals surface area contributed by atoms with E-state index in [2.05, 4.69) is 31.3 Å². The smallest absolute Gasteiger partial charge is 0.243 e. The van der Waals surface area contributed by atoms with Gasteiger partial charge >= 0.3 is 0 Å². The maximum Gasteiger partial charge on any atom is 0.243 e. The monoisotopic (exact) mass is 353 g/mol. The second-order valence-corrected chi connectivity index (χ2v) is 5.58. The second-order valence-electron chi connectivity index (χ2n) is 4.73. The maximum absolute atomic E-state index is 12.0. The van der Waals surface area contributed by atoms with Crippen molar-refractivity contribution in [3.63, 3.8) is 0 Å². The molecule has 0 aromatic carbocycles. The third kappa shape index (κ3) is 3.33. The minimum atomic E-state index is 0.135. The molecule has 1 N–H and O–H groups in total. The van der Waals surface area contributed by atoms with Crippen LogP contribution in [0, 0.1) is 0 Å². The first-order valence-electron chi connectivity index (χ1n) is 6.84. The van der Waals surface area contributed by atoms with Gasteiger partial charge < -0.3 is 15.0 Å². The molecule has 1 fully saturated rings. The van der Waals surface area contributed by atoms with E-state index in [0.717, 1.165) is 10.1 Å². The second kappa shape index (κ2) is 6.40. The van der Waals surface area contributed by atoms with Gasteiger partial charge in [0, 0.05) is 32.3 Å². The molecule has 1 saturated heterocycles. The molecule has 8 heteroatoms. The molecule has 2 aromatic heterocycles. The zero-order valence-electron chi connectivity index (χ0n) is 11.5. The molecule has 0 radical (unpaired) electrons. The highest BCUT2D eigenvalue weighted by atomic mass is 79.9. The number of hydrogen-bond acceptors (Lipinski definition) is 5.